The van der Waals surface area contributed by atoms with Gasteiger partial charge in [-0.25, -0.2) is 9.78 Å². The molecule has 0 spiro atoms. The van der Waals surface area contributed by atoms with E-state index >= 15 is 0 Å². The van der Waals surface area contributed by atoms with E-state index in [1.54, 1.807) is 6.07 Å². The third-order valence-electron chi connectivity index (χ3n) is 3.05. The molecule has 20 heavy (non-hydrogen) atoms. The molecule has 2 rings (SSSR count). The maximum atomic E-state index is 11.1. The van der Waals surface area contributed by atoms with Crippen molar-refractivity contribution in [1.82, 2.24) is 4.98 Å². The molecule has 0 saturated carbocycles. The minimum absolute atomic E-state index is 0.141. The van der Waals surface area contributed by atoms with Crippen molar-refractivity contribution in [1.29, 1.82) is 0 Å². The monoisotopic (exact) mass is 298 g/mol. The quantitative estimate of drug-likeness (QED) is 0.851. The van der Waals surface area contributed by atoms with Crippen LogP contribution in [0.25, 0.3) is 0 Å². The summed E-state index contributed by atoms with van der Waals surface area (Å²) in [7, 11) is 0. The molecule has 1 aliphatic rings. The first-order chi connectivity index (χ1) is 9.08. The van der Waals surface area contributed by atoms with Gasteiger partial charge in [0.05, 0.1) is 16.8 Å². The first-order valence-corrected chi connectivity index (χ1v) is 6.82. The minimum atomic E-state index is -1.01. The smallest absolute Gasteiger partial charge is 0.335 e. The number of hydrogen-bond donors (Lipinski definition) is 1. The first-order valence-electron chi connectivity index (χ1n) is 6.44. The largest absolute Gasteiger partial charge is 0.478 e. The van der Waals surface area contributed by atoms with Gasteiger partial charge in [0.25, 0.3) is 0 Å². The van der Waals surface area contributed by atoms with Crippen molar-refractivity contribution in [3.63, 3.8) is 0 Å². The fourth-order valence-corrected chi connectivity index (χ4v) is 2.92. The second-order valence-corrected chi connectivity index (χ2v) is 6.71. The van der Waals surface area contributed by atoms with Gasteiger partial charge in [0.1, 0.15) is 11.0 Å². The van der Waals surface area contributed by atoms with E-state index in [1.165, 1.54) is 6.07 Å². The molecule has 6 heteroatoms. The zero-order chi connectivity index (χ0) is 15.1. The Kier molecular flexibility index (Phi) is 3.69. The number of carbonyl (C=O) groups is 1. The molecule has 1 aliphatic heterocycles. The summed E-state index contributed by atoms with van der Waals surface area (Å²) in [5.41, 5.74) is -0.535. The number of pyridine rings is 1. The highest BCUT2D eigenvalue weighted by Gasteiger charge is 2.38. The molecule has 1 aromatic rings. The number of rotatable bonds is 2. The maximum absolute atomic E-state index is 11.1. The molecule has 0 aromatic carbocycles. The molecule has 110 valence electrons. The normalized spacial score (nSPS) is 20.8. The van der Waals surface area contributed by atoms with Gasteiger partial charge in [0.15, 0.2) is 0 Å². The molecule has 1 saturated heterocycles. The highest BCUT2D eigenvalue weighted by Crippen LogP contribution is 2.31. The first kappa shape index (κ1) is 15.1. The van der Waals surface area contributed by atoms with Crippen LogP contribution in [-0.4, -0.2) is 40.4 Å². The number of carboxylic acids is 1. The van der Waals surface area contributed by atoms with Gasteiger partial charge in [-0.15, -0.1) is 0 Å². The average molecular weight is 299 g/mol. The van der Waals surface area contributed by atoms with E-state index in [0.717, 1.165) is 0 Å². The summed E-state index contributed by atoms with van der Waals surface area (Å²) in [6.07, 6.45) is 0. The Labute approximate surface area is 123 Å². The van der Waals surface area contributed by atoms with Crippen molar-refractivity contribution in [3.05, 3.63) is 22.8 Å². The molecule has 0 amide bonds. The lowest BCUT2D eigenvalue weighted by atomic mass is 9.99. The van der Waals surface area contributed by atoms with Crippen LogP contribution in [0.3, 0.4) is 0 Å². The molecule has 0 bridgehead atoms. The summed E-state index contributed by atoms with van der Waals surface area (Å²) < 4.78 is 6.00. The van der Waals surface area contributed by atoms with Gasteiger partial charge in [-0.2, -0.15) is 0 Å². The third kappa shape index (κ3) is 3.41. The number of aromatic nitrogens is 1. The van der Waals surface area contributed by atoms with E-state index in [4.69, 9.17) is 21.4 Å². The fourth-order valence-electron chi connectivity index (χ4n) is 2.72. The number of anilines is 1. The Morgan fingerprint density at radius 2 is 1.85 bits per heavy atom. The molecule has 0 aliphatic carbocycles. The number of morpholine rings is 1. The maximum Gasteiger partial charge on any atom is 0.335 e. The SMILES string of the molecule is CC1(C)CN(c2cc(C(=O)O)cc(Cl)n2)CC(C)(C)O1. The van der Waals surface area contributed by atoms with Gasteiger partial charge in [-0.3, -0.25) is 0 Å². The van der Waals surface area contributed by atoms with E-state index in [0.29, 0.717) is 18.9 Å². The standard InChI is InChI=1S/C14H19ClN2O3/c1-13(2)7-17(8-14(3,4)20-13)11-6-9(12(18)19)5-10(15)16-11/h5-6H,7-8H2,1-4H3,(H,18,19). The number of carboxylic acid groups (broad SMARTS) is 1. The number of halogens is 1. The lowest BCUT2D eigenvalue weighted by Gasteiger charge is -2.47. The van der Waals surface area contributed by atoms with Crippen LogP contribution in [0.5, 0.6) is 0 Å². The van der Waals surface area contributed by atoms with Crippen molar-refractivity contribution in [2.24, 2.45) is 0 Å². The predicted molar refractivity (Wildman–Crippen MR) is 77.7 cm³/mol. The van der Waals surface area contributed by atoms with Crippen molar-refractivity contribution in [2.75, 3.05) is 18.0 Å². The van der Waals surface area contributed by atoms with Crippen LogP contribution in [0.4, 0.5) is 5.82 Å². The van der Waals surface area contributed by atoms with E-state index in [2.05, 4.69) is 4.98 Å². The van der Waals surface area contributed by atoms with E-state index < -0.39 is 5.97 Å². The van der Waals surface area contributed by atoms with Crippen LogP contribution in [-0.2, 0) is 4.74 Å². The molecule has 0 unspecified atom stereocenters. The Hall–Kier alpha value is -1.33. The van der Waals surface area contributed by atoms with Crippen LogP contribution in [0.1, 0.15) is 38.1 Å². The number of hydrogen-bond acceptors (Lipinski definition) is 4. The highest BCUT2D eigenvalue weighted by molar-refractivity contribution is 6.29. The van der Waals surface area contributed by atoms with Gasteiger partial charge < -0.3 is 14.7 Å². The summed E-state index contributed by atoms with van der Waals surface area (Å²) in [5.74, 6) is -0.443. The summed E-state index contributed by atoms with van der Waals surface area (Å²) in [4.78, 5) is 17.4. The number of nitrogens with zero attached hydrogens (tertiary/aromatic N) is 2. The molecular weight excluding hydrogens is 280 g/mol. The zero-order valence-corrected chi connectivity index (χ0v) is 12.9. The molecule has 5 nitrogen and oxygen atoms in total. The Morgan fingerprint density at radius 3 is 2.35 bits per heavy atom. The van der Waals surface area contributed by atoms with Gasteiger partial charge >= 0.3 is 5.97 Å². The molecule has 1 fully saturated rings. The predicted octanol–water partition coefficient (Wildman–Crippen LogP) is 2.83. The molecule has 1 N–H and O–H groups in total. The van der Waals surface area contributed by atoms with Crippen LogP contribution < -0.4 is 4.90 Å². The number of aromatic carboxylic acids is 1. The molecule has 0 atom stereocenters. The van der Waals surface area contributed by atoms with Crippen molar-refractivity contribution in [2.45, 2.75) is 38.9 Å². The van der Waals surface area contributed by atoms with Gasteiger partial charge in [0, 0.05) is 13.1 Å². The van der Waals surface area contributed by atoms with Crippen molar-refractivity contribution in [3.8, 4) is 0 Å². The van der Waals surface area contributed by atoms with Gasteiger partial charge in [0.2, 0.25) is 0 Å². The summed E-state index contributed by atoms with van der Waals surface area (Å²) >= 11 is 5.92. The number of ether oxygens (including phenoxy) is 1. The summed E-state index contributed by atoms with van der Waals surface area (Å²) in [6, 6.07) is 2.90. The summed E-state index contributed by atoms with van der Waals surface area (Å²) in [5, 5.41) is 9.29. The van der Waals surface area contributed by atoms with Crippen LogP contribution in [0, 0.1) is 0 Å². The fraction of sp³-hybridized carbons (Fsp3) is 0.571. The lowest BCUT2D eigenvalue weighted by molar-refractivity contribution is -0.133. The molecule has 1 aromatic heterocycles. The topological polar surface area (TPSA) is 62.7 Å². The van der Waals surface area contributed by atoms with Crippen LogP contribution in [0.2, 0.25) is 5.15 Å². The lowest BCUT2D eigenvalue weighted by Crippen LogP contribution is -2.57. The second-order valence-electron chi connectivity index (χ2n) is 6.32. The molecule has 2 heterocycles. The van der Waals surface area contributed by atoms with Gasteiger partial charge in [-0.1, -0.05) is 11.6 Å². The minimum Gasteiger partial charge on any atom is -0.478 e. The molecule has 0 radical (unpaired) electrons. The highest BCUT2D eigenvalue weighted by atomic mass is 35.5. The average Bonchev–Trinajstić information content (AvgIpc) is 2.23. The third-order valence-corrected chi connectivity index (χ3v) is 3.24. The van der Waals surface area contributed by atoms with E-state index in [-0.39, 0.29) is 21.9 Å². The van der Waals surface area contributed by atoms with Crippen LogP contribution in [0.15, 0.2) is 12.1 Å². The van der Waals surface area contributed by atoms with E-state index in [1.807, 2.05) is 32.6 Å². The molecular formula is C14H19ClN2O3. The van der Waals surface area contributed by atoms with Crippen molar-refractivity contribution < 1.29 is 14.6 Å². The van der Waals surface area contributed by atoms with Crippen molar-refractivity contribution >= 4 is 23.4 Å². The Morgan fingerprint density at radius 1 is 1.30 bits per heavy atom. The van der Waals surface area contributed by atoms with E-state index in [9.17, 15) is 4.79 Å². The zero-order valence-electron chi connectivity index (χ0n) is 12.1. The second kappa shape index (κ2) is 4.90. The van der Waals surface area contributed by atoms with Crippen LogP contribution >= 0.6 is 11.6 Å². The Balaban J connectivity index is 2.38. The van der Waals surface area contributed by atoms with Gasteiger partial charge in [-0.05, 0) is 39.8 Å². The summed E-state index contributed by atoms with van der Waals surface area (Å²) in [6.45, 7) is 9.27. The Bertz CT molecular complexity index is 527.